The van der Waals surface area contributed by atoms with Crippen molar-refractivity contribution in [3.8, 4) is 0 Å². The molecule has 1 atom stereocenters. The molecule has 0 spiro atoms. The maximum Gasteiger partial charge on any atom is 0.407 e. The number of ether oxygens (including phenoxy) is 2. The lowest BCUT2D eigenvalue weighted by Gasteiger charge is -2.29. The zero-order valence-electron chi connectivity index (χ0n) is 13.7. The Labute approximate surface area is 137 Å². The molecule has 0 aliphatic heterocycles. The maximum absolute atomic E-state index is 11.6. The predicted molar refractivity (Wildman–Crippen MR) is 91.6 cm³/mol. The lowest BCUT2D eigenvalue weighted by molar-refractivity contribution is -0.0161. The second-order valence-electron chi connectivity index (χ2n) is 6.82. The molecular formula is C15H30INO3. The van der Waals surface area contributed by atoms with Crippen molar-refractivity contribution >= 4 is 28.7 Å². The first-order chi connectivity index (χ1) is 9.08. The van der Waals surface area contributed by atoms with Crippen molar-refractivity contribution in [2.45, 2.75) is 65.6 Å². The van der Waals surface area contributed by atoms with Crippen LogP contribution in [0.5, 0.6) is 0 Å². The Bertz CT molecular complexity index is 289. The molecule has 120 valence electrons. The van der Waals surface area contributed by atoms with E-state index in [0.717, 1.165) is 23.9 Å². The molecule has 0 aliphatic rings. The summed E-state index contributed by atoms with van der Waals surface area (Å²) in [5, 5.41) is 2.79. The highest BCUT2D eigenvalue weighted by Crippen LogP contribution is 2.15. The van der Waals surface area contributed by atoms with Gasteiger partial charge in [-0.2, -0.15) is 0 Å². The van der Waals surface area contributed by atoms with Crippen molar-refractivity contribution in [2.75, 3.05) is 17.6 Å². The van der Waals surface area contributed by atoms with Crippen LogP contribution < -0.4 is 5.32 Å². The molecule has 0 bridgehead atoms. The van der Waals surface area contributed by atoms with E-state index in [1.54, 1.807) is 0 Å². The zero-order valence-corrected chi connectivity index (χ0v) is 15.9. The summed E-state index contributed by atoms with van der Waals surface area (Å²) >= 11 is 2.29. The third-order valence-corrected chi connectivity index (χ3v) is 4.28. The van der Waals surface area contributed by atoms with Crippen molar-refractivity contribution in [1.29, 1.82) is 0 Å². The van der Waals surface area contributed by atoms with E-state index in [9.17, 15) is 4.79 Å². The van der Waals surface area contributed by atoms with Gasteiger partial charge in [0.2, 0.25) is 0 Å². The van der Waals surface area contributed by atoms with Gasteiger partial charge >= 0.3 is 6.09 Å². The van der Waals surface area contributed by atoms with Gasteiger partial charge in [0, 0.05) is 11.0 Å². The quantitative estimate of drug-likeness (QED) is 0.379. The number of nitrogens with one attached hydrogen (secondary N) is 1. The molecule has 5 heteroatoms. The molecule has 0 aromatic heterocycles. The first-order valence-electron chi connectivity index (χ1n) is 7.25. The van der Waals surface area contributed by atoms with Gasteiger partial charge in [0.15, 0.2) is 0 Å². The molecule has 1 N–H and O–H groups in total. The van der Waals surface area contributed by atoms with Crippen LogP contribution in [0.25, 0.3) is 0 Å². The van der Waals surface area contributed by atoms with Gasteiger partial charge in [0.05, 0.1) is 12.1 Å². The molecule has 0 radical (unpaired) electrons. The highest BCUT2D eigenvalue weighted by Gasteiger charge is 2.26. The third-order valence-electron chi connectivity index (χ3n) is 2.66. The lowest BCUT2D eigenvalue weighted by atomic mass is 10.1. The normalized spacial score (nSPS) is 15.0. The summed E-state index contributed by atoms with van der Waals surface area (Å²) in [5.41, 5.74) is -0.808. The Morgan fingerprint density at radius 2 is 1.85 bits per heavy atom. The van der Waals surface area contributed by atoms with Crippen LogP contribution in [0.4, 0.5) is 4.79 Å². The molecule has 0 fully saturated rings. The van der Waals surface area contributed by atoms with Crippen molar-refractivity contribution < 1.29 is 14.3 Å². The summed E-state index contributed by atoms with van der Waals surface area (Å²) in [6, 6.07) is 0. The maximum atomic E-state index is 11.6. The molecular weight excluding hydrogens is 369 g/mol. The van der Waals surface area contributed by atoms with E-state index >= 15 is 0 Å². The van der Waals surface area contributed by atoms with Crippen LogP contribution in [-0.4, -0.2) is 34.9 Å². The first-order valence-corrected chi connectivity index (χ1v) is 8.77. The molecule has 0 heterocycles. The average Bonchev–Trinajstić information content (AvgIpc) is 2.30. The number of hydrogen-bond acceptors (Lipinski definition) is 3. The standard InChI is InChI=1S/C15H30INO3/c1-12(2)8-7-9-19-15(6,10-16)11-17-13(18)20-14(3,4)5/h12H,7-11H2,1-6H3,(H,17,18). The number of alkyl halides is 1. The van der Waals surface area contributed by atoms with Crippen LogP contribution in [0.15, 0.2) is 0 Å². The van der Waals surface area contributed by atoms with E-state index in [1.165, 1.54) is 0 Å². The van der Waals surface area contributed by atoms with Crippen LogP contribution >= 0.6 is 22.6 Å². The number of hydrogen-bond donors (Lipinski definition) is 1. The fourth-order valence-electron chi connectivity index (χ4n) is 1.52. The minimum Gasteiger partial charge on any atom is -0.444 e. The minimum atomic E-state index is -0.469. The SMILES string of the molecule is CC(C)CCCOC(C)(CI)CNC(=O)OC(C)(C)C. The number of rotatable bonds is 8. The van der Waals surface area contributed by atoms with Gasteiger partial charge in [-0.1, -0.05) is 36.4 Å². The van der Waals surface area contributed by atoms with Crippen molar-refractivity contribution in [3.63, 3.8) is 0 Å². The van der Waals surface area contributed by atoms with Gasteiger partial charge in [-0.25, -0.2) is 4.79 Å². The molecule has 4 nitrogen and oxygen atoms in total. The second-order valence-corrected chi connectivity index (χ2v) is 7.59. The molecule has 0 saturated carbocycles. The summed E-state index contributed by atoms with van der Waals surface area (Å²) < 4.78 is 12.0. The van der Waals surface area contributed by atoms with Crippen LogP contribution in [0.3, 0.4) is 0 Å². The Kier molecular flexibility index (Phi) is 9.06. The van der Waals surface area contributed by atoms with Gasteiger partial charge < -0.3 is 14.8 Å². The molecule has 0 saturated heterocycles. The largest absolute Gasteiger partial charge is 0.444 e. The summed E-state index contributed by atoms with van der Waals surface area (Å²) in [5.74, 6) is 0.698. The predicted octanol–water partition coefficient (Wildman–Crippen LogP) is 4.16. The van der Waals surface area contributed by atoms with Crippen molar-refractivity contribution in [2.24, 2.45) is 5.92 Å². The van der Waals surface area contributed by atoms with Gasteiger partial charge in [-0.15, -0.1) is 0 Å². The number of halogens is 1. The second kappa shape index (κ2) is 9.07. The Morgan fingerprint density at radius 3 is 2.30 bits per heavy atom. The molecule has 0 aromatic carbocycles. The molecule has 0 rings (SSSR count). The Balaban J connectivity index is 4.07. The van der Waals surface area contributed by atoms with Crippen LogP contribution in [0, 0.1) is 5.92 Å². The zero-order chi connectivity index (χ0) is 15.8. The van der Waals surface area contributed by atoms with Gasteiger partial charge in [-0.3, -0.25) is 0 Å². The van der Waals surface area contributed by atoms with Gasteiger partial charge in [0.25, 0.3) is 0 Å². The third kappa shape index (κ3) is 10.7. The summed E-state index contributed by atoms with van der Waals surface area (Å²) in [6.07, 6.45) is 1.83. The van der Waals surface area contributed by atoms with Crippen molar-refractivity contribution in [3.05, 3.63) is 0 Å². The summed E-state index contributed by atoms with van der Waals surface area (Å²) in [6.45, 7) is 13.2. The van der Waals surface area contributed by atoms with Crippen LogP contribution in [-0.2, 0) is 9.47 Å². The summed E-state index contributed by atoms with van der Waals surface area (Å²) in [4.78, 5) is 11.6. The van der Waals surface area contributed by atoms with E-state index in [2.05, 4.69) is 41.8 Å². The minimum absolute atomic E-state index is 0.339. The lowest BCUT2D eigenvalue weighted by Crippen LogP contribution is -2.45. The van der Waals surface area contributed by atoms with E-state index in [1.807, 2.05) is 27.7 Å². The van der Waals surface area contributed by atoms with E-state index < -0.39 is 5.60 Å². The smallest absolute Gasteiger partial charge is 0.407 e. The topological polar surface area (TPSA) is 47.6 Å². The Hall–Kier alpha value is -0.0400. The number of carbonyl (C=O) groups is 1. The Morgan fingerprint density at radius 1 is 1.25 bits per heavy atom. The molecule has 1 unspecified atom stereocenters. The van der Waals surface area contributed by atoms with Gasteiger partial charge in [0.1, 0.15) is 5.60 Å². The fourth-order valence-corrected chi connectivity index (χ4v) is 2.01. The highest BCUT2D eigenvalue weighted by atomic mass is 127. The molecule has 0 aliphatic carbocycles. The molecule has 20 heavy (non-hydrogen) atoms. The highest BCUT2D eigenvalue weighted by molar-refractivity contribution is 14.1. The number of amides is 1. The van der Waals surface area contributed by atoms with E-state index in [-0.39, 0.29) is 11.7 Å². The first kappa shape index (κ1) is 20.0. The number of alkyl carbamates (subject to hydrolysis) is 1. The molecule has 0 aromatic rings. The van der Waals surface area contributed by atoms with Gasteiger partial charge in [-0.05, 0) is 46.5 Å². The molecule has 1 amide bonds. The monoisotopic (exact) mass is 399 g/mol. The summed E-state index contributed by atoms with van der Waals surface area (Å²) in [7, 11) is 0. The van der Waals surface area contributed by atoms with E-state index in [0.29, 0.717) is 12.5 Å². The number of carbonyl (C=O) groups excluding carboxylic acids is 1. The van der Waals surface area contributed by atoms with E-state index in [4.69, 9.17) is 9.47 Å². The fraction of sp³-hybridized carbons (Fsp3) is 0.933. The van der Waals surface area contributed by atoms with Crippen LogP contribution in [0.2, 0.25) is 0 Å². The van der Waals surface area contributed by atoms with Crippen molar-refractivity contribution in [1.82, 2.24) is 5.32 Å². The van der Waals surface area contributed by atoms with Crippen LogP contribution in [0.1, 0.15) is 54.4 Å². The average molecular weight is 399 g/mol.